The number of aryl methyl sites for hydroxylation is 2. The number of rotatable bonds is 3. The molecular formula is C14H19N3. The number of imidazole rings is 1. The molecule has 17 heavy (non-hydrogen) atoms. The van der Waals surface area contributed by atoms with E-state index in [-0.39, 0.29) is 6.04 Å². The molecule has 0 amide bonds. The third-order valence-corrected chi connectivity index (χ3v) is 3.21. The zero-order valence-electron chi connectivity index (χ0n) is 10.6. The van der Waals surface area contributed by atoms with E-state index in [1.165, 1.54) is 16.8 Å². The molecule has 1 atom stereocenters. The number of nitrogens with zero attached hydrogens (tertiary/aromatic N) is 2. The summed E-state index contributed by atoms with van der Waals surface area (Å²) in [4.78, 5) is 4.29. The van der Waals surface area contributed by atoms with Crippen LogP contribution in [-0.4, -0.2) is 9.55 Å². The van der Waals surface area contributed by atoms with Gasteiger partial charge in [0.05, 0.1) is 12.0 Å². The molecule has 0 aliphatic heterocycles. The Kier molecular flexibility index (Phi) is 3.29. The smallest absolute Gasteiger partial charge is 0.0952 e. The topological polar surface area (TPSA) is 43.8 Å². The molecule has 0 saturated heterocycles. The van der Waals surface area contributed by atoms with E-state index in [0.29, 0.717) is 0 Å². The van der Waals surface area contributed by atoms with Crippen molar-refractivity contribution >= 4 is 0 Å². The molecule has 3 heteroatoms. The van der Waals surface area contributed by atoms with Crippen LogP contribution in [0.25, 0.3) is 0 Å². The Morgan fingerprint density at radius 1 is 1.29 bits per heavy atom. The third kappa shape index (κ3) is 2.56. The predicted molar refractivity (Wildman–Crippen MR) is 69.8 cm³/mol. The molecular weight excluding hydrogens is 210 g/mol. The minimum absolute atomic E-state index is 0.0159. The first-order valence-corrected chi connectivity index (χ1v) is 5.88. The zero-order chi connectivity index (χ0) is 12.4. The zero-order valence-corrected chi connectivity index (χ0v) is 10.6. The first-order valence-electron chi connectivity index (χ1n) is 5.88. The highest BCUT2D eigenvalue weighted by Crippen LogP contribution is 2.15. The van der Waals surface area contributed by atoms with Crippen molar-refractivity contribution in [2.75, 3.05) is 0 Å². The van der Waals surface area contributed by atoms with Crippen LogP contribution >= 0.6 is 0 Å². The molecule has 1 aromatic carbocycles. The van der Waals surface area contributed by atoms with E-state index in [1.807, 2.05) is 13.3 Å². The maximum Gasteiger partial charge on any atom is 0.0952 e. The Labute approximate surface area is 102 Å². The van der Waals surface area contributed by atoms with Gasteiger partial charge in [0.1, 0.15) is 0 Å². The average Bonchev–Trinajstić information content (AvgIpc) is 2.61. The average molecular weight is 229 g/mol. The first kappa shape index (κ1) is 11.9. The molecule has 0 radical (unpaired) electrons. The van der Waals surface area contributed by atoms with E-state index in [2.05, 4.69) is 47.7 Å². The largest absolute Gasteiger partial charge is 0.333 e. The van der Waals surface area contributed by atoms with Gasteiger partial charge in [-0.25, -0.2) is 4.98 Å². The monoisotopic (exact) mass is 229 g/mol. The molecule has 90 valence electrons. The maximum absolute atomic E-state index is 6.23. The molecule has 2 aromatic rings. The Balaban J connectivity index is 2.17. The summed E-state index contributed by atoms with van der Waals surface area (Å²) >= 11 is 0. The van der Waals surface area contributed by atoms with Crippen molar-refractivity contribution in [1.29, 1.82) is 0 Å². The quantitative estimate of drug-likeness (QED) is 0.878. The van der Waals surface area contributed by atoms with E-state index in [9.17, 15) is 0 Å². The van der Waals surface area contributed by atoms with Gasteiger partial charge in [-0.1, -0.05) is 29.8 Å². The molecule has 1 unspecified atom stereocenters. The molecule has 2 rings (SSSR count). The first-order chi connectivity index (χ1) is 8.08. The Bertz CT molecular complexity index is 514. The summed E-state index contributed by atoms with van der Waals surface area (Å²) in [7, 11) is 0. The van der Waals surface area contributed by atoms with Crippen molar-refractivity contribution in [1.82, 2.24) is 9.55 Å². The fraction of sp³-hybridized carbons (Fsp3) is 0.357. The molecule has 2 N–H and O–H groups in total. The molecule has 0 spiro atoms. The fourth-order valence-corrected chi connectivity index (χ4v) is 1.95. The van der Waals surface area contributed by atoms with Crippen LogP contribution < -0.4 is 5.73 Å². The van der Waals surface area contributed by atoms with Gasteiger partial charge in [0.15, 0.2) is 0 Å². The number of benzene rings is 1. The van der Waals surface area contributed by atoms with Crippen LogP contribution in [0.4, 0.5) is 0 Å². The summed E-state index contributed by atoms with van der Waals surface area (Å²) < 4.78 is 2.11. The van der Waals surface area contributed by atoms with Crippen LogP contribution in [0.1, 0.15) is 28.6 Å². The lowest BCUT2D eigenvalue weighted by Crippen LogP contribution is -2.18. The van der Waals surface area contributed by atoms with Crippen molar-refractivity contribution in [2.45, 2.75) is 33.4 Å². The normalized spacial score (nSPS) is 12.7. The van der Waals surface area contributed by atoms with Gasteiger partial charge in [-0.3, -0.25) is 0 Å². The van der Waals surface area contributed by atoms with Crippen LogP contribution in [0.15, 0.2) is 30.6 Å². The standard InChI is InChI=1S/C14H19N3/c1-10-5-4-6-13(7-10)14(15)8-17-9-16-11(2)12(17)3/h4-7,9,14H,8,15H2,1-3H3. The van der Waals surface area contributed by atoms with E-state index >= 15 is 0 Å². The minimum Gasteiger partial charge on any atom is -0.333 e. The Morgan fingerprint density at radius 3 is 2.65 bits per heavy atom. The maximum atomic E-state index is 6.23. The van der Waals surface area contributed by atoms with E-state index in [1.54, 1.807) is 0 Å². The highest BCUT2D eigenvalue weighted by Gasteiger charge is 2.09. The van der Waals surface area contributed by atoms with Crippen LogP contribution in [-0.2, 0) is 6.54 Å². The van der Waals surface area contributed by atoms with E-state index in [0.717, 1.165) is 12.2 Å². The van der Waals surface area contributed by atoms with Crippen LogP contribution in [0.5, 0.6) is 0 Å². The molecule has 0 fully saturated rings. The molecule has 0 aliphatic rings. The summed E-state index contributed by atoms with van der Waals surface area (Å²) in [6.45, 7) is 6.95. The fourth-order valence-electron chi connectivity index (χ4n) is 1.95. The van der Waals surface area contributed by atoms with Gasteiger partial charge in [-0.15, -0.1) is 0 Å². The Morgan fingerprint density at radius 2 is 2.06 bits per heavy atom. The van der Waals surface area contributed by atoms with Gasteiger partial charge in [0, 0.05) is 18.3 Å². The molecule has 0 bridgehead atoms. The molecule has 0 aliphatic carbocycles. The summed E-state index contributed by atoms with van der Waals surface area (Å²) in [6, 6.07) is 8.38. The highest BCUT2D eigenvalue weighted by atomic mass is 15.1. The molecule has 1 heterocycles. The predicted octanol–water partition coefficient (Wildman–Crippen LogP) is 2.51. The SMILES string of the molecule is Cc1cccc(C(N)Cn2cnc(C)c2C)c1. The van der Waals surface area contributed by atoms with Gasteiger partial charge in [0.25, 0.3) is 0 Å². The number of aromatic nitrogens is 2. The summed E-state index contributed by atoms with van der Waals surface area (Å²) in [5, 5.41) is 0. The van der Waals surface area contributed by atoms with E-state index < -0.39 is 0 Å². The van der Waals surface area contributed by atoms with Crippen molar-refractivity contribution in [2.24, 2.45) is 5.73 Å². The second-order valence-corrected chi connectivity index (χ2v) is 4.59. The van der Waals surface area contributed by atoms with Gasteiger partial charge in [0.2, 0.25) is 0 Å². The van der Waals surface area contributed by atoms with Gasteiger partial charge < -0.3 is 10.3 Å². The Hall–Kier alpha value is -1.61. The van der Waals surface area contributed by atoms with Crippen molar-refractivity contribution in [3.8, 4) is 0 Å². The lowest BCUT2D eigenvalue weighted by atomic mass is 10.1. The summed E-state index contributed by atoms with van der Waals surface area (Å²) in [5.74, 6) is 0. The second kappa shape index (κ2) is 4.72. The van der Waals surface area contributed by atoms with Crippen molar-refractivity contribution in [3.05, 3.63) is 53.1 Å². The summed E-state index contributed by atoms with van der Waals surface area (Å²) in [6.07, 6.45) is 1.86. The molecule has 0 saturated carbocycles. The number of hydrogen-bond donors (Lipinski definition) is 1. The number of hydrogen-bond acceptors (Lipinski definition) is 2. The number of nitrogens with two attached hydrogens (primary N) is 1. The van der Waals surface area contributed by atoms with Gasteiger partial charge in [-0.2, -0.15) is 0 Å². The van der Waals surface area contributed by atoms with Crippen molar-refractivity contribution in [3.63, 3.8) is 0 Å². The lowest BCUT2D eigenvalue weighted by molar-refractivity contribution is 0.566. The van der Waals surface area contributed by atoms with E-state index in [4.69, 9.17) is 5.73 Å². The second-order valence-electron chi connectivity index (χ2n) is 4.59. The highest BCUT2D eigenvalue weighted by molar-refractivity contribution is 5.25. The van der Waals surface area contributed by atoms with Crippen LogP contribution in [0.2, 0.25) is 0 Å². The van der Waals surface area contributed by atoms with Gasteiger partial charge >= 0.3 is 0 Å². The molecule has 3 nitrogen and oxygen atoms in total. The summed E-state index contributed by atoms with van der Waals surface area (Å²) in [5.41, 5.74) is 10.9. The van der Waals surface area contributed by atoms with Crippen LogP contribution in [0, 0.1) is 20.8 Å². The lowest BCUT2D eigenvalue weighted by Gasteiger charge is -2.14. The molecule has 1 aromatic heterocycles. The third-order valence-electron chi connectivity index (χ3n) is 3.21. The van der Waals surface area contributed by atoms with Gasteiger partial charge in [-0.05, 0) is 26.3 Å². The van der Waals surface area contributed by atoms with Crippen LogP contribution in [0.3, 0.4) is 0 Å². The van der Waals surface area contributed by atoms with Crippen molar-refractivity contribution < 1.29 is 0 Å². The minimum atomic E-state index is 0.0159.